The third-order valence-corrected chi connectivity index (χ3v) is 3.36. The molecule has 0 saturated carbocycles. The standard InChI is InChI=1S/C16H12O6/c1-21-15-6-14-9(5-13(15)19)16(20)10(7-22-14)8-2-3-11(17)12(18)4-8/h2-7,17-19H,1H3. The summed E-state index contributed by atoms with van der Waals surface area (Å²) >= 11 is 0. The molecule has 1 aromatic heterocycles. The lowest BCUT2D eigenvalue weighted by molar-refractivity contribution is 0.373. The minimum atomic E-state index is -0.371. The van der Waals surface area contributed by atoms with E-state index in [0.717, 1.165) is 0 Å². The van der Waals surface area contributed by atoms with Crippen molar-refractivity contribution in [1.29, 1.82) is 0 Å². The molecule has 1 heterocycles. The van der Waals surface area contributed by atoms with Crippen molar-refractivity contribution in [1.82, 2.24) is 0 Å². The Morgan fingerprint density at radius 1 is 1.00 bits per heavy atom. The van der Waals surface area contributed by atoms with E-state index in [-0.39, 0.29) is 45.0 Å². The molecule has 3 N–H and O–H groups in total. The van der Waals surface area contributed by atoms with Gasteiger partial charge in [0.05, 0.1) is 18.1 Å². The number of rotatable bonds is 2. The number of hydrogen-bond donors (Lipinski definition) is 3. The van der Waals surface area contributed by atoms with Crippen LogP contribution in [0.2, 0.25) is 0 Å². The summed E-state index contributed by atoms with van der Waals surface area (Å²) in [5.41, 5.74) is 0.490. The molecule has 2 aromatic carbocycles. The molecule has 0 bridgehead atoms. The van der Waals surface area contributed by atoms with Crippen LogP contribution >= 0.6 is 0 Å². The molecule has 0 aliphatic rings. The van der Waals surface area contributed by atoms with Crippen molar-refractivity contribution in [3.05, 3.63) is 46.8 Å². The molecule has 0 unspecified atom stereocenters. The summed E-state index contributed by atoms with van der Waals surface area (Å²) < 4.78 is 10.4. The zero-order valence-electron chi connectivity index (χ0n) is 11.5. The van der Waals surface area contributed by atoms with E-state index < -0.39 is 0 Å². The summed E-state index contributed by atoms with van der Waals surface area (Å²) in [5.74, 6) is -0.593. The molecule has 0 aliphatic heterocycles. The largest absolute Gasteiger partial charge is 0.504 e. The third kappa shape index (κ3) is 2.10. The number of ether oxygens (including phenoxy) is 1. The van der Waals surface area contributed by atoms with E-state index in [9.17, 15) is 20.1 Å². The van der Waals surface area contributed by atoms with E-state index in [0.29, 0.717) is 5.56 Å². The van der Waals surface area contributed by atoms with Gasteiger partial charge in [0.1, 0.15) is 11.8 Å². The van der Waals surface area contributed by atoms with Gasteiger partial charge in [-0.2, -0.15) is 0 Å². The zero-order valence-corrected chi connectivity index (χ0v) is 11.5. The molecular weight excluding hydrogens is 288 g/mol. The molecular formula is C16H12O6. The minimum absolute atomic E-state index is 0.173. The lowest BCUT2D eigenvalue weighted by Crippen LogP contribution is -2.04. The van der Waals surface area contributed by atoms with E-state index in [2.05, 4.69) is 0 Å². The molecule has 0 fully saturated rings. The van der Waals surface area contributed by atoms with E-state index in [1.54, 1.807) is 0 Å². The van der Waals surface area contributed by atoms with Crippen LogP contribution in [0.1, 0.15) is 0 Å². The molecule has 6 nitrogen and oxygen atoms in total. The van der Waals surface area contributed by atoms with Gasteiger partial charge in [-0.3, -0.25) is 4.79 Å². The molecule has 0 spiro atoms. The van der Waals surface area contributed by atoms with Gasteiger partial charge < -0.3 is 24.5 Å². The Kier molecular flexibility index (Phi) is 3.14. The Hall–Kier alpha value is -3.15. The van der Waals surface area contributed by atoms with Crippen LogP contribution in [0.25, 0.3) is 22.1 Å². The fourth-order valence-electron chi connectivity index (χ4n) is 2.20. The minimum Gasteiger partial charge on any atom is -0.504 e. The van der Waals surface area contributed by atoms with Crippen LogP contribution in [-0.2, 0) is 0 Å². The van der Waals surface area contributed by atoms with Crippen molar-refractivity contribution in [3.63, 3.8) is 0 Å². The van der Waals surface area contributed by atoms with Crippen LogP contribution in [0, 0.1) is 0 Å². The maximum Gasteiger partial charge on any atom is 0.200 e. The predicted molar refractivity (Wildman–Crippen MR) is 79.5 cm³/mol. The van der Waals surface area contributed by atoms with Gasteiger partial charge in [0.15, 0.2) is 23.0 Å². The topological polar surface area (TPSA) is 100 Å². The first kappa shape index (κ1) is 13.8. The van der Waals surface area contributed by atoms with Crippen molar-refractivity contribution in [2.24, 2.45) is 0 Å². The van der Waals surface area contributed by atoms with Gasteiger partial charge in [-0.05, 0) is 23.8 Å². The highest BCUT2D eigenvalue weighted by atomic mass is 16.5. The molecule has 6 heteroatoms. The Bertz CT molecular complexity index is 926. The van der Waals surface area contributed by atoms with Crippen LogP contribution < -0.4 is 10.2 Å². The van der Waals surface area contributed by atoms with Gasteiger partial charge >= 0.3 is 0 Å². The van der Waals surface area contributed by atoms with Gasteiger partial charge in [-0.25, -0.2) is 0 Å². The first-order valence-electron chi connectivity index (χ1n) is 6.36. The number of phenolic OH excluding ortho intramolecular Hbond substituents is 3. The average Bonchev–Trinajstić information content (AvgIpc) is 2.51. The average molecular weight is 300 g/mol. The molecule has 0 atom stereocenters. The second-order valence-corrected chi connectivity index (χ2v) is 4.70. The summed E-state index contributed by atoms with van der Waals surface area (Å²) in [6.45, 7) is 0. The first-order chi connectivity index (χ1) is 10.5. The number of hydrogen-bond acceptors (Lipinski definition) is 6. The van der Waals surface area contributed by atoms with Crippen molar-refractivity contribution in [3.8, 4) is 34.1 Å². The molecule has 0 aliphatic carbocycles. The molecule has 0 saturated heterocycles. The van der Waals surface area contributed by atoms with Gasteiger partial charge in [-0.1, -0.05) is 6.07 Å². The van der Waals surface area contributed by atoms with E-state index >= 15 is 0 Å². The van der Waals surface area contributed by atoms with E-state index in [4.69, 9.17) is 9.15 Å². The summed E-state index contributed by atoms with van der Waals surface area (Å²) in [5, 5.41) is 28.8. The second-order valence-electron chi connectivity index (χ2n) is 4.70. The van der Waals surface area contributed by atoms with Crippen LogP contribution in [0.15, 0.2) is 45.8 Å². The Labute approximate surface area is 124 Å². The molecule has 0 amide bonds. The maximum absolute atomic E-state index is 12.5. The Balaban J connectivity index is 2.26. The Morgan fingerprint density at radius 3 is 2.45 bits per heavy atom. The van der Waals surface area contributed by atoms with Crippen LogP contribution in [0.5, 0.6) is 23.0 Å². The molecule has 112 valence electrons. The van der Waals surface area contributed by atoms with Crippen LogP contribution in [0.3, 0.4) is 0 Å². The van der Waals surface area contributed by atoms with Gasteiger partial charge in [-0.15, -0.1) is 0 Å². The zero-order chi connectivity index (χ0) is 15.9. The quantitative estimate of drug-likeness (QED) is 0.629. The van der Waals surface area contributed by atoms with Crippen molar-refractivity contribution < 1.29 is 24.5 Å². The number of aromatic hydroxyl groups is 3. The smallest absolute Gasteiger partial charge is 0.200 e. The molecule has 0 radical (unpaired) electrons. The molecule has 22 heavy (non-hydrogen) atoms. The number of phenols is 3. The fraction of sp³-hybridized carbons (Fsp3) is 0.0625. The number of methoxy groups -OCH3 is 1. The normalized spacial score (nSPS) is 10.8. The molecule has 3 aromatic rings. The highest BCUT2D eigenvalue weighted by Gasteiger charge is 2.14. The summed E-state index contributed by atoms with van der Waals surface area (Å²) in [6, 6.07) is 6.71. The SMILES string of the molecule is COc1cc2occ(-c3ccc(O)c(O)c3)c(=O)c2cc1O. The molecule has 3 rings (SSSR count). The van der Waals surface area contributed by atoms with Crippen LogP contribution in [-0.4, -0.2) is 22.4 Å². The lowest BCUT2D eigenvalue weighted by atomic mass is 10.0. The van der Waals surface area contributed by atoms with Crippen molar-refractivity contribution in [2.45, 2.75) is 0 Å². The van der Waals surface area contributed by atoms with Gasteiger partial charge in [0.2, 0.25) is 5.43 Å². The maximum atomic E-state index is 12.5. The van der Waals surface area contributed by atoms with Crippen molar-refractivity contribution >= 4 is 11.0 Å². The monoisotopic (exact) mass is 300 g/mol. The van der Waals surface area contributed by atoms with Crippen LogP contribution in [0.4, 0.5) is 0 Å². The number of fused-ring (bicyclic) bond motifs is 1. The Morgan fingerprint density at radius 2 is 1.77 bits per heavy atom. The number of benzene rings is 2. The van der Waals surface area contributed by atoms with E-state index in [1.807, 2.05) is 0 Å². The summed E-state index contributed by atoms with van der Waals surface area (Å²) in [7, 11) is 1.40. The second kappa shape index (κ2) is 5.00. The predicted octanol–water partition coefficient (Wildman–Crippen LogP) is 2.59. The highest BCUT2D eigenvalue weighted by Crippen LogP contribution is 2.33. The third-order valence-electron chi connectivity index (χ3n) is 3.36. The van der Waals surface area contributed by atoms with Crippen molar-refractivity contribution in [2.75, 3.05) is 7.11 Å². The van der Waals surface area contributed by atoms with Gasteiger partial charge in [0, 0.05) is 6.07 Å². The van der Waals surface area contributed by atoms with E-state index in [1.165, 1.54) is 43.7 Å². The lowest BCUT2D eigenvalue weighted by Gasteiger charge is -2.07. The fourth-order valence-corrected chi connectivity index (χ4v) is 2.20. The highest BCUT2D eigenvalue weighted by molar-refractivity contribution is 5.84. The first-order valence-corrected chi connectivity index (χ1v) is 6.36. The summed E-state index contributed by atoms with van der Waals surface area (Å²) in [6.07, 6.45) is 1.26. The van der Waals surface area contributed by atoms with Gasteiger partial charge in [0.25, 0.3) is 0 Å². The summed E-state index contributed by atoms with van der Waals surface area (Å²) in [4.78, 5) is 12.5.